The van der Waals surface area contributed by atoms with Crippen molar-refractivity contribution < 1.29 is 19.1 Å². The van der Waals surface area contributed by atoms with E-state index in [1.54, 1.807) is 6.07 Å². The van der Waals surface area contributed by atoms with Crippen LogP contribution in [0.5, 0.6) is 0 Å². The molecule has 104 valence electrons. The molecular weight excluding hydrogens is 244 g/mol. The lowest BCUT2D eigenvalue weighted by atomic mass is 9.92. The average molecular weight is 264 g/mol. The molecule has 0 fully saturated rings. The Morgan fingerprint density at radius 1 is 1.05 bits per heavy atom. The molecule has 19 heavy (non-hydrogen) atoms. The van der Waals surface area contributed by atoms with Crippen molar-refractivity contribution in [2.75, 3.05) is 14.2 Å². The number of esters is 2. The largest absolute Gasteiger partial charge is 0.465 e. The molecule has 1 aromatic carbocycles. The summed E-state index contributed by atoms with van der Waals surface area (Å²) in [4.78, 5) is 23.7. The molecule has 0 saturated carbocycles. The summed E-state index contributed by atoms with van der Waals surface area (Å²) in [6.07, 6.45) is 2.52. The van der Waals surface area contributed by atoms with Gasteiger partial charge >= 0.3 is 11.9 Å². The van der Waals surface area contributed by atoms with Gasteiger partial charge in [0.1, 0.15) is 0 Å². The van der Waals surface area contributed by atoms with Crippen LogP contribution in [0.3, 0.4) is 0 Å². The minimum atomic E-state index is -0.516. The lowest BCUT2D eigenvalue weighted by Crippen LogP contribution is -2.16. The Balaban J connectivity index is 3.50. The highest BCUT2D eigenvalue weighted by molar-refractivity contribution is 6.04. The topological polar surface area (TPSA) is 52.6 Å². The summed E-state index contributed by atoms with van der Waals surface area (Å²) in [5.41, 5.74) is 2.56. The van der Waals surface area contributed by atoms with Crippen LogP contribution in [0.25, 0.3) is 0 Å². The Labute approximate surface area is 113 Å². The predicted octanol–water partition coefficient (Wildman–Crippen LogP) is 2.77. The summed E-state index contributed by atoms with van der Waals surface area (Å²) in [6.45, 7) is 4.04. The lowest BCUT2D eigenvalue weighted by molar-refractivity contribution is 0.0554. The molecule has 4 heteroatoms. The molecule has 0 aliphatic carbocycles. The number of ether oxygens (including phenoxy) is 2. The van der Waals surface area contributed by atoms with Crippen LogP contribution in [0.1, 0.15) is 52.1 Å². The summed E-state index contributed by atoms with van der Waals surface area (Å²) < 4.78 is 9.52. The van der Waals surface area contributed by atoms with E-state index in [1.807, 2.05) is 13.0 Å². The number of methoxy groups -OCH3 is 2. The normalized spacial score (nSPS) is 10.1. The van der Waals surface area contributed by atoms with E-state index in [0.29, 0.717) is 12.0 Å². The third-order valence-corrected chi connectivity index (χ3v) is 3.08. The van der Waals surface area contributed by atoms with Crippen molar-refractivity contribution in [3.63, 3.8) is 0 Å². The van der Waals surface area contributed by atoms with Crippen LogP contribution < -0.4 is 0 Å². The van der Waals surface area contributed by atoms with Crippen molar-refractivity contribution in [2.45, 2.75) is 33.1 Å². The number of carbonyl (C=O) groups is 2. The lowest BCUT2D eigenvalue weighted by Gasteiger charge is -2.15. The molecule has 0 aliphatic heterocycles. The maximum atomic E-state index is 12.0. The van der Waals surface area contributed by atoms with Crippen LogP contribution in [-0.4, -0.2) is 26.2 Å². The standard InChI is InChI=1S/C15H20O4/c1-5-7-10-8-9-12(14(16)18-3)13(11(10)6-2)15(17)19-4/h8-9H,5-7H2,1-4H3. The van der Waals surface area contributed by atoms with Crippen molar-refractivity contribution in [1.29, 1.82) is 0 Å². The van der Waals surface area contributed by atoms with E-state index >= 15 is 0 Å². The van der Waals surface area contributed by atoms with Crippen LogP contribution in [0.15, 0.2) is 12.1 Å². The van der Waals surface area contributed by atoms with Crippen LogP contribution in [0.4, 0.5) is 0 Å². The van der Waals surface area contributed by atoms with Crippen molar-refractivity contribution in [3.8, 4) is 0 Å². The Morgan fingerprint density at radius 2 is 1.68 bits per heavy atom. The second kappa shape index (κ2) is 6.92. The van der Waals surface area contributed by atoms with Gasteiger partial charge in [-0.2, -0.15) is 0 Å². The van der Waals surface area contributed by atoms with Gasteiger partial charge in [0.25, 0.3) is 0 Å². The van der Waals surface area contributed by atoms with Crippen LogP contribution in [0, 0.1) is 0 Å². The maximum absolute atomic E-state index is 12.0. The van der Waals surface area contributed by atoms with E-state index in [0.717, 1.165) is 24.0 Å². The zero-order chi connectivity index (χ0) is 14.4. The second-order valence-corrected chi connectivity index (χ2v) is 4.21. The van der Waals surface area contributed by atoms with Crippen molar-refractivity contribution in [3.05, 3.63) is 34.4 Å². The second-order valence-electron chi connectivity index (χ2n) is 4.21. The minimum absolute atomic E-state index is 0.269. The van der Waals surface area contributed by atoms with E-state index in [-0.39, 0.29) is 5.56 Å². The highest BCUT2D eigenvalue weighted by Gasteiger charge is 2.23. The highest BCUT2D eigenvalue weighted by Crippen LogP contribution is 2.23. The molecule has 0 saturated heterocycles. The van der Waals surface area contributed by atoms with Crippen molar-refractivity contribution in [2.24, 2.45) is 0 Å². The molecule has 0 radical (unpaired) electrons. The molecule has 0 aliphatic rings. The Bertz CT molecular complexity index is 477. The fraction of sp³-hybridized carbons (Fsp3) is 0.467. The van der Waals surface area contributed by atoms with Crippen LogP contribution in [-0.2, 0) is 22.3 Å². The first-order chi connectivity index (χ1) is 9.10. The molecule has 0 spiro atoms. The van der Waals surface area contributed by atoms with E-state index in [2.05, 4.69) is 6.92 Å². The number of benzene rings is 1. The Morgan fingerprint density at radius 3 is 2.16 bits per heavy atom. The first-order valence-electron chi connectivity index (χ1n) is 6.41. The molecule has 0 unspecified atom stereocenters. The van der Waals surface area contributed by atoms with Crippen molar-refractivity contribution >= 4 is 11.9 Å². The van der Waals surface area contributed by atoms with Crippen LogP contribution in [0.2, 0.25) is 0 Å². The average Bonchev–Trinajstić information content (AvgIpc) is 2.45. The van der Waals surface area contributed by atoms with E-state index < -0.39 is 11.9 Å². The van der Waals surface area contributed by atoms with Gasteiger partial charge in [0, 0.05) is 0 Å². The first-order valence-corrected chi connectivity index (χ1v) is 6.41. The predicted molar refractivity (Wildman–Crippen MR) is 72.5 cm³/mol. The Kier molecular flexibility index (Phi) is 5.55. The SMILES string of the molecule is CCCc1ccc(C(=O)OC)c(C(=O)OC)c1CC. The quantitative estimate of drug-likeness (QED) is 0.767. The van der Waals surface area contributed by atoms with E-state index in [4.69, 9.17) is 9.47 Å². The van der Waals surface area contributed by atoms with Gasteiger partial charge in [-0.3, -0.25) is 0 Å². The number of rotatable bonds is 5. The third kappa shape index (κ3) is 3.13. The molecule has 0 amide bonds. The number of aryl methyl sites for hydroxylation is 1. The highest BCUT2D eigenvalue weighted by atomic mass is 16.5. The van der Waals surface area contributed by atoms with E-state index in [9.17, 15) is 9.59 Å². The molecule has 4 nitrogen and oxygen atoms in total. The molecule has 0 N–H and O–H groups in total. The smallest absolute Gasteiger partial charge is 0.339 e. The van der Waals surface area contributed by atoms with Gasteiger partial charge in [-0.15, -0.1) is 0 Å². The van der Waals surface area contributed by atoms with Gasteiger partial charge in [-0.1, -0.05) is 26.3 Å². The fourth-order valence-corrected chi connectivity index (χ4v) is 2.21. The first kappa shape index (κ1) is 15.2. The zero-order valence-electron chi connectivity index (χ0n) is 11.9. The number of carbonyl (C=O) groups excluding carboxylic acids is 2. The van der Waals surface area contributed by atoms with Crippen molar-refractivity contribution in [1.82, 2.24) is 0 Å². The summed E-state index contributed by atoms with van der Waals surface area (Å²) in [6, 6.07) is 3.53. The minimum Gasteiger partial charge on any atom is -0.465 e. The van der Waals surface area contributed by atoms with Gasteiger partial charge < -0.3 is 9.47 Å². The van der Waals surface area contributed by atoms with Gasteiger partial charge in [0.15, 0.2) is 0 Å². The van der Waals surface area contributed by atoms with Gasteiger partial charge in [-0.05, 0) is 30.0 Å². The summed E-state index contributed by atoms with van der Waals surface area (Å²) >= 11 is 0. The zero-order valence-corrected chi connectivity index (χ0v) is 11.9. The molecule has 0 bridgehead atoms. The summed E-state index contributed by atoms with van der Waals surface area (Å²) in [7, 11) is 2.62. The molecule has 1 rings (SSSR count). The van der Waals surface area contributed by atoms with Gasteiger partial charge in [0.05, 0.1) is 25.3 Å². The fourth-order valence-electron chi connectivity index (χ4n) is 2.21. The van der Waals surface area contributed by atoms with E-state index in [1.165, 1.54) is 14.2 Å². The number of hydrogen-bond acceptors (Lipinski definition) is 4. The van der Waals surface area contributed by atoms with Gasteiger partial charge in [0.2, 0.25) is 0 Å². The third-order valence-electron chi connectivity index (χ3n) is 3.08. The maximum Gasteiger partial charge on any atom is 0.339 e. The summed E-state index contributed by atoms with van der Waals surface area (Å²) in [5.74, 6) is -1.01. The molecule has 0 aromatic heterocycles. The molecular formula is C15H20O4. The number of hydrogen-bond donors (Lipinski definition) is 0. The molecule has 1 aromatic rings. The summed E-state index contributed by atoms with van der Waals surface area (Å²) in [5, 5.41) is 0. The molecule has 0 heterocycles. The van der Waals surface area contributed by atoms with Gasteiger partial charge in [-0.25, -0.2) is 9.59 Å². The Hall–Kier alpha value is -1.84. The molecule has 0 atom stereocenters. The monoisotopic (exact) mass is 264 g/mol. The van der Waals surface area contributed by atoms with Crippen LogP contribution >= 0.6 is 0 Å².